The molecular formula is C9H13NO6. The second-order valence-corrected chi connectivity index (χ2v) is 2.61. The van der Waals surface area contributed by atoms with E-state index in [1.54, 1.807) is 0 Å². The van der Waals surface area contributed by atoms with Gasteiger partial charge < -0.3 is 19.9 Å². The summed E-state index contributed by atoms with van der Waals surface area (Å²) in [5.41, 5.74) is 0. The summed E-state index contributed by atoms with van der Waals surface area (Å²) < 4.78 is 9.14. The molecule has 0 rings (SSSR count). The number of amides is 1. The Morgan fingerprint density at radius 1 is 1.38 bits per heavy atom. The van der Waals surface area contributed by atoms with Crippen molar-refractivity contribution in [3.05, 3.63) is 12.2 Å². The third-order valence-electron chi connectivity index (χ3n) is 1.34. The highest BCUT2D eigenvalue weighted by atomic mass is 16.5. The zero-order valence-corrected chi connectivity index (χ0v) is 8.76. The van der Waals surface area contributed by atoms with Crippen LogP contribution in [-0.2, 0) is 23.9 Å². The predicted octanol–water partition coefficient (Wildman–Crippen LogP) is -1.07. The molecule has 0 unspecified atom stereocenters. The van der Waals surface area contributed by atoms with Crippen molar-refractivity contribution in [3.8, 4) is 0 Å². The summed E-state index contributed by atoms with van der Waals surface area (Å²) in [5, 5.41) is 10.4. The summed E-state index contributed by atoms with van der Waals surface area (Å²) in [7, 11) is 1.24. The predicted molar refractivity (Wildman–Crippen MR) is 52.6 cm³/mol. The van der Waals surface area contributed by atoms with Gasteiger partial charge in [0.25, 0.3) is 0 Å². The third-order valence-corrected chi connectivity index (χ3v) is 1.34. The minimum atomic E-state index is -1.13. The minimum Gasteiger partial charge on any atom is -0.480 e. The molecule has 0 aromatic rings. The van der Waals surface area contributed by atoms with Crippen LogP contribution in [0.3, 0.4) is 0 Å². The van der Waals surface area contributed by atoms with Gasteiger partial charge in [0.2, 0.25) is 5.91 Å². The van der Waals surface area contributed by atoms with E-state index in [0.29, 0.717) is 0 Å². The van der Waals surface area contributed by atoms with Crippen molar-refractivity contribution in [1.29, 1.82) is 0 Å². The van der Waals surface area contributed by atoms with Gasteiger partial charge in [0.1, 0.15) is 13.2 Å². The average molecular weight is 231 g/mol. The molecule has 16 heavy (non-hydrogen) atoms. The number of nitrogens with one attached hydrogen (secondary N) is 1. The number of ether oxygens (including phenoxy) is 2. The Bertz CT molecular complexity index is 286. The number of rotatable bonds is 7. The Kier molecular flexibility index (Phi) is 7.43. The van der Waals surface area contributed by atoms with E-state index in [9.17, 15) is 14.4 Å². The molecule has 1 amide bonds. The molecule has 0 atom stereocenters. The van der Waals surface area contributed by atoms with E-state index in [2.05, 4.69) is 10.1 Å². The van der Waals surface area contributed by atoms with Crippen LogP contribution in [0.4, 0.5) is 0 Å². The van der Waals surface area contributed by atoms with Crippen LogP contribution < -0.4 is 5.32 Å². The topological polar surface area (TPSA) is 102 Å². The Labute approximate surface area is 92.0 Å². The molecule has 0 aromatic carbocycles. The van der Waals surface area contributed by atoms with E-state index in [-0.39, 0.29) is 13.2 Å². The van der Waals surface area contributed by atoms with Crippen molar-refractivity contribution in [3.63, 3.8) is 0 Å². The molecule has 7 nitrogen and oxygen atoms in total. The molecular weight excluding hydrogens is 218 g/mol. The van der Waals surface area contributed by atoms with E-state index in [4.69, 9.17) is 9.84 Å². The number of methoxy groups -OCH3 is 1. The molecule has 0 fully saturated rings. The summed E-state index contributed by atoms with van der Waals surface area (Å²) in [5.74, 6) is -2.17. The second kappa shape index (κ2) is 8.42. The summed E-state index contributed by atoms with van der Waals surface area (Å²) in [6.07, 6.45) is 2.55. The van der Waals surface area contributed by atoms with Crippen molar-refractivity contribution in [2.45, 2.75) is 0 Å². The van der Waals surface area contributed by atoms with Crippen LogP contribution in [0.5, 0.6) is 0 Å². The lowest BCUT2D eigenvalue weighted by Crippen LogP contribution is -2.32. The molecule has 0 radical (unpaired) electrons. The van der Waals surface area contributed by atoms with Gasteiger partial charge in [0.15, 0.2) is 0 Å². The Hall–Kier alpha value is -1.89. The summed E-state index contributed by atoms with van der Waals surface area (Å²) in [6.45, 7) is -0.644. The minimum absolute atomic E-state index is 0.0651. The van der Waals surface area contributed by atoms with Gasteiger partial charge in [0, 0.05) is 6.08 Å². The number of carbonyl (C=O) groups excluding carboxylic acids is 2. The van der Waals surface area contributed by atoms with E-state index < -0.39 is 24.4 Å². The fourth-order valence-corrected chi connectivity index (χ4v) is 0.657. The van der Waals surface area contributed by atoms with Crippen molar-refractivity contribution >= 4 is 17.8 Å². The van der Waals surface area contributed by atoms with Gasteiger partial charge >= 0.3 is 11.9 Å². The monoisotopic (exact) mass is 231 g/mol. The summed E-state index contributed by atoms with van der Waals surface area (Å²) in [4.78, 5) is 31.5. The van der Waals surface area contributed by atoms with Gasteiger partial charge in [-0.1, -0.05) is 6.08 Å². The highest BCUT2D eigenvalue weighted by molar-refractivity contribution is 5.82. The molecule has 0 saturated heterocycles. The average Bonchev–Trinajstić information content (AvgIpc) is 2.25. The summed E-state index contributed by atoms with van der Waals surface area (Å²) in [6, 6.07) is 0. The fraction of sp³-hybridized carbons (Fsp3) is 0.444. The Morgan fingerprint density at radius 3 is 2.62 bits per heavy atom. The fourth-order valence-electron chi connectivity index (χ4n) is 0.657. The van der Waals surface area contributed by atoms with Crippen LogP contribution in [0.25, 0.3) is 0 Å². The van der Waals surface area contributed by atoms with E-state index in [1.807, 2.05) is 0 Å². The number of aliphatic carboxylic acids is 1. The maximum absolute atomic E-state index is 10.9. The van der Waals surface area contributed by atoms with Gasteiger partial charge in [-0.2, -0.15) is 0 Å². The molecule has 0 aliphatic rings. The highest BCUT2D eigenvalue weighted by Gasteiger charge is 2.02. The van der Waals surface area contributed by atoms with Crippen molar-refractivity contribution in [2.75, 3.05) is 26.9 Å². The highest BCUT2D eigenvalue weighted by Crippen LogP contribution is 1.81. The van der Waals surface area contributed by atoms with Gasteiger partial charge in [-0.05, 0) is 0 Å². The number of carboxylic acids is 1. The number of esters is 1. The quantitative estimate of drug-likeness (QED) is 0.329. The molecule has 7 heteroatoms. The van der Waals surface area contributed by atoms with E-state index in [0.717, 1.165) is 6.08 Å². The number of hydrogen-bond acceptors (Lipinski definition) is 5. The number of carboxylic acid groups (broad SMARTS) is 1. The molecule has 90 valence electrons. The molecule has 2 N–H and O–H groups in total. The molecule has 0 aromatic heterocycles. The first-order chi connectivity index (χ1) is 7.56. The molecule has 0 heterocycles. The SMILES string of the molecule is COC(=O)/C=C/COCC(=O)NCC(=O)O. The largest absolute Gasteiger partial charge is 0.480 e. The third kappa shape index (κ3) is 8.70. The first-order valence-corrected chi connectivity index (χ1v) is 4.37. The van der Waals surface area contributed by atoms with E-state index in [1.165, 1.54) is 13.2 Å². The van der Waals surface area contributed by atoms with Gasteiger partial charge in [0.05, 0.1) is 13.7 Å². The maximum Gasteiger partial charge on any atom is 0.330 e. The van der Waals surface area contributed by atoms with Crippen LogP contribution in [0.1, 0.15) is 0 Å². The lowest BCUT2D eigenvalue weighted by Gasteiger charge is -2.01. The van der Waals surface area contributed by atoms with Crippen molar-refractivity contribution < 1.29 is 29.0 Å². The van der Waals surface area contributed by atoms with Crippen LogP contribution in [0, 0.1) is 0 Å². The zero-order valence-electron chi connectivity index (χ0n) is 8.76. The maximum atomic E-state index is 10.9. The lowest BCUT2D eigenvalue weighted by atomic mass is 10.5. The van der Waals surface area contributed by atoms with Crippen LogP contribution in [0.15, 0.2) is 12.2 Å². The van der Waals surface area contributed by atoms with Crippen LogP contribution >= 0.6 is 0 Å². The Morgan fingerprint density at radius 2 is 2.06 bits per heavy atom. The van der Waals surface area contributed by atoms with Gasteiger partial charge in [-0.3, -0.25) is 9.59 Å². The molecule has 0 aliphatic heterocycles. The second-order valence-electron chi connectivity index (χ2n) is 2.61. The first-order valence-electron chi connectivity index (χ1n) is 4.37. The standard InChI is InChI=1S/C9H13NO6/c1-15-9(14)3-2-4-16-6-7(11)10-5-8(12)13/h2-3H,4-6H2,1H3,(H,10,11)(H,12,13)/b3-2+. The van der Waals surface area contributed by atoms with Crippen LogP contribution in [0.2, 0.25) is 0 Å². The summed E-state index contributed by atoms with van der Waals surface area (Å²) >= 11 is 0. The van der Waals surface area contributed by atoms with Crippen LogP contribution in [-0.4, -0.2) is 49.8 Å². The number of hydrogen-bond donors (Lipinski definition) is 2. The zero-order chi connectivity index (χ0) is 12.4. The van der Waals surface area contributed by atoms with E-state index >= 15 is 0 Å². The molecule has 0 saturated carbocycles. The molecule has 0 aliphatic carbocycles. The normalized spacial score (nSPS) is 10.1. The van der Waals surface area contributed by atoms with Crippen molar-refractivity contribution in [1.82, 2.24) is 5.32 Å². The smallest absolute Gasteiger partial charge is 0.330 e. The lowest BCUT2D eigenvalue weighted by molar-refractivity contribution is -0.138. The molecule has 0 bridgehead atoms. The van der Waals surface area contributed by atoms with Gasteiger partial charge in [-0.25, -0.2) is 4.79 Å². The van der Waals surface area contributed by atoms with Crippen molar-refractivity contribution in [2.24, 2.45) is 0 Å². The van der Waals surface area contributed by atoms with Gasteiger partial charge in [-0.15, -0.1) is 0 Å². The Balaban J connectivity index is 3.51. The first kappa shape index (κ1) is 14.1. The number of carbonyl (C=O) groups is 3. The molecule has 0 spiro atoms.